The number of nitrogens with zero attached hydrogens (tertiary/aromatic N) is 3. The van der Waals surface area contributed by atoms with E-state index in [1.807, 2.05) is 12.3 Å². The number of aromatic amines is 1. The van der Waals surface area contributed by atoms with Gasteiger partial charge >= 0.3 is 0 Å². The van der Waals surface area contributed by atoms with E-state index in [1.165, 1.54) is 6.42 Å². The second-order valence-corrected chi connectivity index (χ2v) is 5.09. The summed E-state index contributed by atoms with van der Waals surface area (Å²) in [6.07, 6.45) is 4.77. The number of anilines is 1. The third kappa shape index (κ3) is 1.84. The highest BCUT2D eigenvalue weighted by atomic mass is 15.2. The molecule has 2 N–H and O–H groups in total. The molecule has 5 nitrogen and oxygen atoms in total. The van der Waals surface area contributed by atoms with Gasteiger partial charge in [-0.2, -0.15) is 0 Å². The van der Waals surface area contributed by atoms with Crippen molar-refractivity contribution in [1.82, 2.24) is 20.3 Å². The Morgan fingerprint density at radius 2 is 2.28 bits per heavy atom. The van der Waals surface area contributed by atoms with E-state index in [-0.39, 0.29) is 0 Å². The third-order valence-electron chi connectivity index (χ3n) is 3.95. The Morgan fingerprint density at radius 3 is 3.11 bits per heavy atom. The van der Waals surface area contributed by atoms with Crippen LogP contribution in [0.3, 0.4) is 0 Å². The smallest absolute Gasteiger partial charge is 0.142 e. The minimum Gasteiger partial charge on any atom is -0.354 e. The van der Waals surface area contributed by atoms with Gasteiger partial charge in [-0.1, -0.05) is 6.92 Å². The highest BCUT2D eigenvalue weighted by molar-refractivity contribution is 5.87. The number of hydrogen-bond donors (Lipinski definition) is 2. The summed E-state index contributed by atoms with van der Waals surface area (Å²) in [7, 11) is 2.13. The zero-order valence-electron chi connectivity index (χ0n) is 10.8. The molecule has 2 aromatic rings. The second-order valence-electron chi connectivity index (χ2n) is 5.09. The first-order chi connectivity index (χ1) is 8.77. The van der Waals surface area contributed by atoms with E-state index in [9.17, 15) is 0 Å². The van der Waals surface area contributed by atoms with E-state index in [4.69, 9.17) is 0 Å². The van der Waals surface area contributed by atoms with Crippen LogP contribution in [0, 0.1) is 5.92 Å². The van der Waals surface area contributed by atoms with E-state index in [2.05, 4.69) is 39.1 Å². The number of piperidine rings is 1. The fraction of sp³-hybridized carbons (Fsp3) is 0.538. The zero-order chi connectivity index (χ0) is 12.5. The van der Waals surface area contributed by atoms with Crippen LogP contribution in [0.4, 0.5) is 5.82 Å². The van der Waals surface area contributed by atoms with Gasteiger partial charge in [-0.25, -0.2) is 9.97 Å². The third-order valence-corrected chi connectivity index (χ3v) is 3.95. The molecule has 0 amide bonds. The van der Waals surface area contributed by atoms with Crippen molar-refractivity contribution in [3.8, 4) is 0 Å². The van der Waals surface area contributed by atoms with Crippen LogP contribution in [-0.4, -0.2) is 41.1 Å². The maximum absolute atomic E-state index is 4.46. The quantitative estimate of drug-likeness (QED) is 0.839. The monoisotopic (exact) mass is 245 g/mol. The fourth-order valence-electron chi connectivity index (χ4n) is 2.79. The van der Waals surface area contributed by atoms with Gasteiger partial charge in [0.15, 0.2) is 0 Å². The maximum Gasteiger partial charge on any atom is 0.142 e. The van der Waals surface area contributed by atoms with Crippen molar-refractivity contribution in [2.75, 3.05) is 25.0 Å². The summed E-state index contributed by atoms with van der Waals surface area (Å²) in [5.41, 5.74) is 0.906. The Hall–Kier alpha value is -1.62. The van der Waals surface area contributed by atoms with Crippen molar-refractivity contribution in [2.45, 2.75) is 19.4 Å². The first-order valence-electron chi connectivity index (χ1n) is 6.49. The van der Waals surface area contributed by atoms with Gasteiger partial charge in [0, 0.05) is 25.8 Å². The lowest BCUT2D eigenvalue weighted by Crippen LogP contribution is -2.49. The summed E-state index contributed by atoms with van der Waals surface area (Å²) in [4.78, 5) is 14.1. The van der Waals surface area contributed by atoms with Crippen LogP contribution in [0.15, 0.2) is 18.6 Å². The van der Waals surface area contributed by atoms with Gasteiger partial charge in [0.05, 0.1) is 5.39 Å². The Balaban J connectivity index is 1.95. The number of fused-ring (bicyclic) bond motifs is 1. The van der Waals surface area contributed by atoms with E-state index in [0.29, 0.717) is 12.0 Å². The Labute approximate surface area is 107 Å². The van der Waals surface area contributed by atoms with Gasteiger partial charge in [-0.3, -0.25) is 0 Å². The first-order valence-corrected chi connectivity index (χ1v) is 6.49. The fourth-order valence-corrected chi connectivity index (χ4v) is 2.79. The molecule has 1 fully saturated rings. The molecule has 5 heteroatoms. The van der Waals surface area contributed by atoms with Crippen molar-refractivity contribution in [3.05, 3.63) is 18.6 Å². The minimum atomic E-state index is 0.492. The van der Waals surface area contributed by atoms with Crippen LogP contribution in [0.5, 0.6) is 0 Å². The summed E-state index contributed by atoms with van der Waals surface area (Å²) in [6, 6.07) is 2.54. The minimum absolute atomic E-state index is 0.492. The molecule has 2 atom stereocenters. The van der Waals surface area contributed by atoms with Gasteiger partial charge in [0.1, 0.15) is 17.8 Å². The van der Waals surface area contributed by atoms with Gasteiger partial charge in [-0.05, 0) is 24.9 Å². The van der Waals surface area contributed by atoms with E-state index in [0.717, 1.165) is 29.9 Å². The Morgan fingerprint density at radius 1 is 1.39 bits per heavy atom. The molecule has 0 saturated carbocycles. The summed E-state index contributed by atoms with van der Waals surface area (Å²) >= 11 is 0. The summed E-state index contributed by atoms with van der Waals surface area (Å²) < 4.78 is 0. The molecule has 0 aliphatic carbocycles. The molecular formula is C13H19N5. The van der Waals surface area contributed by atoms with Crippen LogP contribution in [0.2, 0.25) is 0 Å². The predicted octanol–water partition coefficient (Wildman–Crippen LogP) is 1.39. The second kappa shape index (κ2) is 4.57. The Bertz CT molecular complexity index is 535. The van der Waals surface area contributed by atoms with Crippen LogP contribution >= 0.6 is 0 Å². The number of rotatable bonds is 2. The summed E-state index contributed by atoms with van der Waals surface area (Å²) in [5.74, 6) is 1.70. The number of likely N-dealkylation sites (N-methyl/N-ethyl adjacent to an activating group) is 1. The van der Waals surface area contributed by atoms with Gasteiger partial charge < -0.3 is 15.2 Å². The molecule has 0 radical (unpaired) electrons. The van der Waals surface area contributed by atoms with Crippen LogP contribution in [-0.2, 0) is 0 Å². The normalized spacial score (nSPS) is 24.3. The van der Waals surface area contributed by atoms with Gasteiger partial charge in [0.2, 0.25) is 0 Å². The number of aromatic nitrogens is 3. The number of nitrogens with one attached hydrogen (secondary N) is 2. The van der Waals surface area contributed by atoms with Crippen molar-refractivity contribution in [3.63, 3.8) is 0 Å². The molecular weight excluding hydrogens is 226 g/mol. The molecule has 0 aromatic carbocycles. The number of hydrogen-bond acceptors (Lipinski definition) is 4. The maximum atomic E-state index is 4.46. The van der Waals surface area contributed by atoms with Crippen molar-refractivity contribution < 1.29 is 0 Å². The highest BCUT2D eigenvalue weighted by Crippen LogP contribution is 2.26. The molecule has 1 aliphatic heterocycles. The molecule has 2 aromatic heterocycles. The van der Waals surface area contributed by atoms with E-state index in [1.54, 1.807) is 6.33 Å². The van der Waals surface area contributed by atoms with E-state index < -0.39 is 0 Å². The molecule has 0 spiro atoms. The lowest BCUT2D eigenvalue weighted by atomic mass is 9.93. The van der Waals surface area contributed by atoms with Crippen molar-refractivity contribution >= 4 is 16.9 Å². The first kappa shape index (κ1) is 11.5. The lowest BCUT2D eigenvalue weighted by molar-refractivity contribution is 0.338. The standard InChI is InChI=1S/C13H19N5/c1-9-3-5-14-7-11(9)18(2)13-10-4-6-15-12(10)16-8-17-13/h4,6,8-9,11,14H,3,5,7H2,1-2H3,(H,15,16,17)/t9?,11-/m0/s1. The Kier molecular flexibility index (Phi) is 2.91. The highest BCUT2D eigenvalue weighted by Gasteiger charge is 2.26. The van der Waals surface area contributed by atoms with Gasteiger partial charge in [0.25, 0.3) is 0 Å². The molecule has 18 heavy (non-hydrogen) atoms. The zero-order valence-corrected chi connectivity index (χ0v) is 10.8. The molecule has 0 bridgehead atoms. The molecule has 3 heterocycles. The SMILES string of the molecule is CC1CCNC[C@@H]1N(C)c1ncnc2[nH]ccc12. The summed E-state index contributed by atoms with van der Waals surface area (Å²) in [5, 5.41) is 4.56. The molecule has 3 rings (SSSR count). The molecule has 1 saturated heterocycles. The average molecular weight is 245 g/mol. The van der Waals surface area contributed by atoms with Crippen LogP contribution < -0.4 is 10.2 Å². The predicted molar refractivity (Wildman–Crippen MR) is 72.7 cm³/mol. The summed E-state index contributed by atoms with van der Waals surface area (Å²) in [6.45, 7) is 4.46. The van der Waals surface area contributed by atoms with Crippen LogP contribution in [0.1, 0.15) is 13.3 Å². The number of H-pyrrole nitrogens is 1. The molecule has 96 valence electrons. The average Bonchev–Trinajstić information content (AvgIpc) is 2.86. The molecule has 1 aliphatic rings. The largest absolute Gasteiger partial charge is 0.354 e. The van der Waals surface area contributed by atoms with Crippen molar-refractivity contribution in [1.29, 1.82) is 0 Å². The van der Waals surface area contributed by atoms with Crippen molar-refractivity contribution in [2.24, 2.45) is 5.92 Å². The van der Waals surface area contributed by atoms with E-state index >= 15 is 0 Å². The van der Waals surface area contributed by atoms with Gasteiger partial charge in [-0.15, -0.1) is 0 Å². The lowest BCUT2D eigenvalue weighted by Gasteiger charge is -2.37. The topological polar surface area (TPSA) is 56.8 Å². The van der Waals surface area contributed by atoms with Crippen LogP contribution in [0.25, 0.3) is 11.0 Å². The molecule has 1 unspecified atom stereocenters.